The molecule has 1 amide bonds. The summed E-state index contributed by atoms with van der Waals surface area (Å²) in [4.78, 5) is 30.1. The zero-order chi connectivity index (χ0) is 22.1. The number of para-hydroxylation sites is 1. The minimum Gasteiger partial charge on any atom is -0.503 e. The van der Waals surface area contributed by atoms with Gasteiger partial charge in [0.15, 0.2) is 11.5 Å². The number of ether oxygens (including phenoxy) is 2. The van der Waals surface area contributed by atoms with E-state index in [4.69, 9.17) is 9.47 Å². The number of ketones is 1. The molecule has 0 fully saturated rings. The number of rotatable bonds is 7. The van der Waals surface area contributed by atoms with Crippen molar-refractivity contribution in [3.8, 4) is 11.5 Å². The van der Waals surface area contributed by atoms with Crippen molar-refractivity contribution in [1.29, 1.82) is 0 Å². The Labute approximate surface area is 179 Å². The lowest BCUT2D eigenvalue weighted by molar-refractivity contribution is -0.129. The maximum atomic E-state index is 12.9. The van der Waals surface area contributed by atoms with Crippen molar-refractivity contribution < 1.29 is 24.2 Å². The molecule has 1 aliphatic rings. The fourth-order valence-corrected chi connectivity index (χ4v) is 4.19. The van der Waals surface area contributed by atoms with Gasteiger partial charge < -0.3 is 24.5 Å². The van der Waals surface area contributed by atoms with Gasteiger partial charge in [-0.05, 0) is 37.1 Å². The highest BCUT2D eigenvalue weighted by Crippen LogP contribution is 2.42. The van der Waals surface area contributed by atoms with Crippen molar-refractivity contribution in [2.24, 2.45) is 0 Å². The van der Waals surface area contributed by atoms with Gasteiger partial charge in [0.05, 0.1) is 25.8 Å². The smallest absolute Gasteiger partial charge is 0.290 e. The fourth-order valence-electron chi connectivity index (χ4n) is 4.19. The molecule has 0 aliphatic carbocycles. The number of nitrogens with zero attached hydrogens (tertiary/aromatic N) is 1. The van der Waals surface area contributed by atoms with Gasteiger partial charge in [-0.25, -0.2) is 0 Å². The Morgan fingerprint density at radius 3 is 2.65 bits per heavy atom. The molecule has 1 aliphatic heterocycles. The monoisotopic (exact) mass is 420 g/mol. The number of carbonyl (C=O) groups excluding carboxylic acids is 2. The third-order valence-corrected chi connectivity index (χ3v) is 5.72. The molecule has 0 unspecified atom stereocenters. The van der Waals surface area contributed by atoms with Crippen LogP contribution in [0.1, 0.15) is 24.1 Å². The van der Waals surface area contributed by atoms with Gasteiger partial charge in [-0.3, -0.25) is 9.59 Å². The van der Waals surface area contributed by atoms with Gasteiger partial charge in [0.1, 0.15) is 11.5 Å². The SMILES string of the molecule is COc1ccc([C@@H]2C(C(C)=O)=C(O)C(=O)N2CCc2c[nH]c3ccccc23)c(OC)c1. The van der Waals surface area contributed by atoms with E-state index in [0.29, 0.717) is 30.0 Å². The van der Waals surface area contributed by atoms with Crippen LogP contribution in [0.2, 0.25) is 0 Å². The standard InChI is InChI=1S/C24H24N2O5/c1-14(27)21-22(18-9-8-16(30-2)12-20(18)31-3)26(24(29)23(21)28)11-10-15-13-25-19-7-5-4-6-17(15)19/h4-9,12-13,22,25,28H,10-11H2,1-3H3/t22-/m1/s1. The molecule has 1 aromatic heterocycles. The summed E-state index contributed by atoms with van der Waals surface area (Å²) in [5, 5.41) is 11.6. The number of methoxy groups -OCH3 is 2. The molecule has 2 N–H and O–H groups in total. The number of aliphatic hydroxyl groups excluding tert-OH is 1. The minimum atomic E-state index is -0.740. The summed E-state index contributed by atoms with van der Waals surface area (Å²) in [5.41, 5.74) is 2.76. The number of aromatic amines is 1. The molecule has 0 radical (unpaired) electrons. The molecule has 0 saturated heterocycles. The molecule has 0 bridgehead atoms. The second-order valence-corrected chi connectivity index (χ2v) is 7.44. The van der Waals surface area contributed by atoms with E-state index < -0.39 is 17.7 Å². The average molecular weight is 420 g/mol. The summed E-state index contributed by atoms with van der Waals surface area (Å²) < 4.78 is 10.8. The van der Waals surface area contributed by atoms with Crippen molar-refractivity contribution in [3.63, 3.8) is 0 Å². The van der Waals surface area contributed by atoms with Gasteiger partial charge in [-0.15, -0.1) is 0 Å². The maximum absolute atomic E-state index is 12.9. The first-order chi connectivity index (χ1) is 15.0. The number of carbonyl (C=O) groups is 2. The highest BCUT2D eigenvalue weighted by molar-refractivity contribution is 6.08. The van der Waals surface area contributed by atoms with Crippen LogP contribution >= 0.6 is 0 Å². The number of hydrogen-bond donors (Lipinski definition) is 2. The molecule has 2 heterocycles. The molecule has 4 rings (SSSR count). The van der Waals surface area contributed by atoms with E-state index in [0.717, 1.165) is 16.5 Å². The first-order valence-electron chi connectivity index (χ1n) is 9.98. The summed E-state index contributed by atoms with van der Waals surface area (Å²) >= 11 is 0. The summed E-state index contributed by atoms with van der Waals surface area (Å²) in [5.74, 6) is -0.360. The Bertz CT molecular complexity index is 1190. The zero-order valence-electron chi connectivity index (χ0n) is 17.6. The lowest BCUT2D eigenvalue weighted by Crippen LogP contribution is -2.33. The molecule has 2 aromatic carbocycles. The second-order valence-electron chi connectivity index (χ2n) is 7.44. The Kier molecular flexibility index (Phi) is 5.42. The van der Waals surface area contributed by atoms with Gasteiger partial charge in [-0.1, -0.05) is 18.2 Å². The van der Waals surface area contributed by atoms with Crippen LogP contribution in [-0.4, -0.2) is 47.4 Å². The molecule has 0 saturated carbocycles. The molecule has 7 nitrogen and oxygen atoms in total. The van der Waals surface area contributed by atoms with E-state index in [-0.39, 0.29) is 11.4 Å². The highest BCUT2D eigenvalue weighted by atomic mass is 16.5. The zero-order valence-corrected chi connectivity index (χ0v) is 17.6. The molecule has 3 aromatic rings. The number of Topliss-reactive ketones (excluding diaryl/α,β-unsaturated/α-hetero) is 1. The van der Waals surface area contributed by atoms with Crippen LogP contribution in [0.25, 0.3) is 10.9 Å². The van der Waals surface area contributed by atoms with Crippen molar-refractivity contribution in [3.05, 3.63) is 71.1 Å². The topological polar surface area (TPSA) is 91.9 Å². The van der Waals surface area contributed by atoms with E-state index in [1.165, 1.54) is 18.9 Å². The van der Waals surface area contributed by atoms with Gasteiger partial charge in [0.2, 0.25) is 0 Å². The quantitative estimate of drug-likeness (QED) is 0.608. The van der Waals surface area contributed by atoms with Gasteiger partial charge >= 0.3 is 0 Å². The average Bonchev–Trinajstić information content (AvgIpc) is 3.30. The molecule has 1 atom stereocenters. The first kappa shape index (κ1) is 20.5. The molecular formula is C24H24N2O5. The summed E-state index contributed by atoms with van der Waals surface area (Å²) in [6.45, 7) is 1.67. The largest absolute Gasteiger partial charge is 0.503 e. The number of aromatic nitrogens is 1. The van der Waals surface area contributed by atoms with Crippen LogP contribution in [0.4, 0.5) is 0 Å². The van der Waals surface area contributed by atoms with Crippen LogP contribution < -0.4 is 9.47 Å². The molecule has 31 heavy (non-hydrogen) atoms. The predicted octanol–water partition coefficient (Wildman–Crippen LogP) is 3.71. The van der Waals surface area contributed by atoms with Crippen LogP contribution in [-0.2, 0) is 16.0 Å². The van der Waals surface area contributed by atoms with E-state index in [1.807, 2.05) is 30.5 Å². The van der Waals surface area contributed by atoms with Gasteiger partial charge in [0, 0.05) is 35.3 Å². The van der Waals surface area contributed by atoms with Crippen molar-refractivity contribution in [2.75, 3.05) is 20.8 Å². The lowest BCUT2D eigenvalue weighted by atomic mass is 9.95. The van der Waals surface area contributed by atoms with Crippen LogP contribution in [0.15, 0.2) is 60.0 Å². The number of H-pyrrole nitrogens is 1. The minimum absolute atomic E-state index is 0.0763. The third-order valence-electron chi connectivity index (χ3n) is 5.72. The lowest BCUT2D eigenvalue weighted by Gasteiger charge is -2.28. The van der Waals surface area contributed by atoms with Crippen LogP contribution in [0.3, 0.4) is 0 Å². The van der Waals surface area contributed by atoms with Crippen LogP contribution in [0, 0.1) is 0 Å². The predicted molar refractivity (Wildman–Crippen MR) is 116 cm³/mol. The van der Waals surface area contributed by atoms with Crippen molar-refractivity contribution in [2.45, 2.75) is 19.4 Å². The van der Waals surface area contributed by atoms with E-state index >= 15 is 0 Å². The number of nitrogens with one attached hydrogen (secondary N) is 1. The Morgan fingerprint density at radius 1 is 1.16 bits per heavy atom. The van der Waals surface area contributed by atoms with E-state index in [2.05, 4.69) is 4.98 Å². The van der Waals surface area contributed by atoms with Crippen LogP contribution in [0.5, 0.6) is 11.5 Å². The number of aliphatic hydroxyl groups is 1. The van der Waals surface area contributed by atoms with Crippen molar-refractivity contribution in [1.82, 2.24) is 9.88 Å². The number of fused-ring (bicyclic) bond motifs is 1. The Morgan fingerprint density at radius 2 is 1.94 bits per heavy atom. The summed E-state index contributed by atoms with van der Waals surface area (Å²) in [6, 6.07) is 12.4. The number of amides is 1. The van der Waals surface area contributed by atoms with E-state index in [1.54, 1.807) is 25.3 Å². The van der Waals surface area contributed by atoms with E-state index in [9.17, 15) is 14.7 Å². The Balaban J connectivity index is 1.72. The number of benzene rings is 2. The second kappa shape index (κ2) is 8.18. The molecule has 7 heteroatoms. The summed E-state index contributed by atoms with van der Waals surface area (Å²) in [7, 11) is 3.07. The summed E-state index contributed by atoms with van der Waals surface area (Å²) in [6.07, 6.45) is 2.48. The highest BCUT2D eigenvalue weighted by Gasteiger charge is 2.43. The molecule has 160 valence electrons. The third kappa shape index (κ3) is 3.52. The number of hydrogen-bond acceptors (Lipinski definition) is 5. The fraction of sp³-hybridized carbons (Fsp3) is 0.250. The van der Waals surface area contributed by atoms with Gasteiger partial charge in [-0.2, -0.15) is 0 Å². The maximum Gasteiger partial charge on any atom is 0.290 e. The first-order valence-corrected chi connectivity index (χ1v) is 9.98. The Hall–Kier alpha value is -3.74. The normalized spacial score (nSPS) is 16.3. The molecule has 0 spiro atoms. The van der Waals surface area contributed by atoms with Crippen molar-refractivity contribution >= 4 is 22.6 Å². The molecular weight excluding hydrogens is 396 g/mol. The van der Waals surface area contributed by atoms with Gasteiger partial charge in [0.25, 0.3) is 5.91 Å².